The van der Waals surface area contributed by atoms with Crippen molar-refractivity contribution in [1.29, 1.82) is 0 Å². The van der Waals surface area contributed by atoms with Crippen LogP contribution in [0.25, 0.3) is 0 Å². The SMILES string of the molecule is Cc1ccc([N+](=O)[O-])cc1N([C@H](C)C(=O)Nc1ccc(Cl)c(Cl)c1)S(C)(=O)=O. The Morgan fingerprint density at radius 3 is 2.36 bits per heavy atom. The largest absolute Gasteiger partial charge is 0.324 e. The molecule has 28 heavy (non-hydrogen) atoms. The number of rotatable bonds is 6. The Hall–Kier alpha value is -2.36. The Kier molecular flexibility index (Phi) is 6.53. The third-order valence-corrected chi connectivity index (χ3v) is 5.88. The van der Waals surface area contributed by atoms with Crippen molar-refractivity contribution in [2.45, 2.75) is 19.9 Å². The number of carbonyl (C=O) groups excluding carboxylic acids is 1. The van der Waals surface area contributed by atoms with Gasteiger partial charge < -0.3 is 5.32 Å². The van der Waals surface area contributed by atoms with Crippen LogP contribution in [0.3, 0.4) is 0 Å². The van der Waals surface area contributed by atoms with Crippen molar-refractivity contribution in [3.05, 3.63) is 62.1 Å². The molecular weight excluding hydrogens is 429 g/mol. The number of nitro benzene ring substituents is 1. The second-order valence-electron chi connectivity index (χ2n) is 6.08. The molecule has 2 aromatic carbocycles. The number of anilines is 2. The second-order valence-corrected chi connectivity index (χ2v) is 8.75. The number of hydrogen-bond acceptors (Lipinski definition) is 5. The van der Waals surface area contributed by atoms with E-state index in [1.54, 1.807) is 6.92 Å². The number of halogens is 2. The summed E-state index contributed by atoms with van der Waals surface area (Å²) in [6, 6.07) is 7.06. The van der Waals surface area contributed by atoms with Crippen molar-refractivity contribution in [1.82, 2.24) is 0 Å². The Labute approximate surface area is 172 Å². The molecule has 0 saturated carbocycles. The maximum absolute atomic E-state index is 12.7. The van der Waals surface area contributed by atoms with Crippen LogP contribution in [0.15, 0.2) is 36.4 Å². The molecule has 0 bridgehead atoms. The van der Waals surface area contributed by atoms with Gasteiger partial charge in [0.1, 0.15) is 6.04 Å². The van der Waals surface area contributed by atoms with Crippen molar-refractivity contribution in [3.8, 4) is 0 Å². The average molecular weight is 446 g/mol. The van der Waals surface area contributed by atoms with E-state index in [1.165, 1.54) is 37.3 Å². The zero-order chi connectivity index (χ0) is 21.2. The fraction of sp³-hybridized carbons (Fsp3) is 0.235. The molecule has 11 heteroatoms. The van der Waals surface area contributed by atoms with Gasteiger partial charge in [-0.2, -0.15) is 0 Å². The molecule has 0 unspecified atom stereocenters. The van der Waals surface area contributed by atoms with Crippen LogP contribution in [0.5, 0.6) is 0 Å². The van der Waals surface area contributed by atoms with Gasteiger partial charge in [0.15, 0.2) is 0 Å². The van der Waals surface area contributed by atoms with E-state index in [4.69, 9.17) is 23.2 Å². The minimum Gasteiger partial charge on any atom is -0.324 e. The average Bonchev–Trinajstić information content (AvgIpc) is 2.58. The molecule has 0 aliphatic rings. The van der Waals surface area contributed by atoms with Gasteiger partial charge in [0.05, 0.1) is 26.9 Å². The van der Waals surface area contributed by atoms with Crippen molar-refractivity contribution in [2.24, 2.45) is 0 Å². The number of benzene rings is 2. The Balaban J connectivity index is 2.43. The van der Waals surface area contributed by atoms with Crippen LogP contribution in [0, 0.1) is 17.0 Å². The Bertz CT molecular complexity index is 1040. The fourth-order valence-corrected chi connectivity index (χ4v) is 4.07. The summed E-state index contributed by atoms with van der Waals surface area (Å²) in [4.78, 5) is 23.1. The molecule has 1 amide bonds. The zero-order valence-electron chi connectivity index (χ0n) is 15.1. The van der Waals surface area contributed by atoms with Crippen molar-refractivity contribution in [3.63, 3.8) is 0 Å². The second kappa shape index (κ2) is 8.34. The molecule has 1 atom stereocenters. The number of aryl methyl sites for hydroxylation is 1. The summed E-state index contributed by atoms with van der Waals surface area (Å²) in [6.45, 7) is 2.98. The number of sulfonamides is 1. The van der Waals surface area contributed by atoms with E-state index in [0.29, 0.717) is 16.3 Å². The standard InChI is InChI=1S/C17H17Cl2N3O5S/c1-10-4-6-13(22(24)25)9-16(10)21(28(3,26)27)11(2)17(23)20-12-5-7-14(18)15(19)8-12/h4-9,11H,1-3H3,(H,20,23)/t11-/m1/s1. The van der Waals surface area contributed by atoms with Gasteiger partial charge in [-0.3, -0.25) is 19.2 Å². The van der Waals surface area contributed by atoms with E-state index in [1.807, 2.05) is 0 Å². The summed E-state index contributed by atoms with van der Waals surface area (Å²) in [7, 11) is -3.93. The van der Waals surface area contributed by atoms with Gasteiger partial charge in [-0.1, -0.05) is 29.3 Å². The lowest BCUT2D eigenvalue weighted by atomic mass is 10.1. The zero-order valence-corrected chi connectivity index (χ0v) is 17.5. The van der Waals surface area contributed by atoms with E-state index in [-0.39, 0.29) is 16.4 Å². The molecule has 2 aromatic rings. The normalized spacial score (nSPS) is 12.3. The molecule has 1 N–H and O–H groups in total. The number of nitro groups is 1. The first kappa shape index (κ1) is 21.9. The third kappa shape index (κ3) is 4.92. The molecule has 0 aliphatic heterocycles. The molecule has 0 saturated heterocycles. The van der Waals surface area contributed by atoms with Crippen LogP contribution < -0.4 is 9.62 Å². The van der Waals surface area contributed by atoms with Crippen LogP contribution in [0.4, 0.5) is 17.1 Å². The van der Waals surface area contributed by atoms with Crippen molar-refractivity contribution < 1.29 is 18.1 Å². The number of non-ortho nitro benzene ring substituents is 1. The lowest BCUT2D eigenvalue weighted by Crippen LogP contribution is -2.45. The van der Waals surface area contributed by atoms with E-state index >= 15 is 0 Å². The summed E-state index contributed by atoms with van der Waals surface area (Å²) in [6.07, 6.45) is 0.925. The Morgan fingerprint density at radius 2 is 1.82 bits per heavy atom. The summed E-state index contributed by atoms with van der Waals surface area (Å²) < 4.78 is 25.6. The first-order valence-electron chi connectivity index (χ1n) is 7.92. The molecule has 0 aliphatic carbocycles. The smallest absolute Gasteiger partial charge is 0.271 e. The molecule has 0 radical (unpaired) electrons. The molecule has 0 fully saturated rings. The minimum atomic E-state index is -3.93. The number of nitrogens with one attached hydrogen (secondary N) is 1. The van der Waals surface area contributed by atoms with Crippen LogP contribution in [0.2, 0.25) is 10.0 Å². The highest BCUT2D eigenvalue weighted by atomic mass is 35.5. The lowest BCUT2D eigenvalue weighted by molar-refractivity contribution is -0.384. The number of carbonyl (C=O) groups is 1. The lowest BCUT2D eigenvalue weighted by Gasteiger charge is -2.29. The maximum Gasteiger partial charge on any atom is 0.271 e. The predicted molar refractivity (Wildman–Crippen MR) is 110 cm³/mol. The quantitative estimate of drug-likeness (QED) is 0.533. The molecule has 0 heterocycles. The molecular formula is C17H17Cl2N3O5S. The highest BCUT2D eigenvalue weighted by molar-refractivity contribution is 7.92. The third-order valence-electron chi connectivity index (χ3n) is 3.92. The molecule has 2 rings (SSSR count). The van der Waals surface area contributed by atoms with Crippen molar-refractivity contribution >= 4 is 56.2 Å². The molecule has 0 spiro atoms. The van der Waals surface area contributed by atoms with Gasteiger partial charge in [-0.05, 0) is 37.6 Å². The number of hydrogen-bond donors (Lipinski definition) is 1. The highest BCUT2D eigenvalue weighted by Crippen LogP contribution is 2.30. The summed E-state index contributed by atoms with van der Waals surface area (Å²) >= 11 is 11.8. The highest BCUT2D eigenvalue weighted by Gasteiger charge is 2.31. The summed E-state index contributed by atoms with van der Waals surface area (Å²) in [5, 5.41) is 14.2. The van der Waals surface area contributed by atoms with Gasteiger partial charge in [0.2, 0.25) is 15.9 Å². The van der Waals surface area contributed by atoms with Crippen LogP contribution >= 0.6 is 23.2 Å². The summed E-state index contributed by atoms with van der Waals surface area (Å²) in [5.41, 5.74) is 0.556. The van der Waals surface area contributed by atoms with Crippen molar-refractivity contribution in [2.75, 3.05) is 15.9 Å². The van der Waals surface area contributed by atoms with Gasteiger partial charge >= 0.3 is 0 Å². The van der Waals surface area contributed by atoms with Gasteiger partial charge in [-0.15, -0.1) is 0 Å². The summed E-state index contributed by atoms with van der Waals surface area (Å²) in [5.74, 6) is -0.644. The molecule has 8 nitrogen and oxygen atoms in total. The predicted octanol–water partition coefficient (Wildman–Crippen LogP) is 4.00. The Morgan fingerprint density at radius 1 is 1.18 bits per heavy atom. The van der Waals surface area contributed by atoms with Gasteiger partial charge in [0, 0.05) is 17.8 Å². The first-order valence-corrected chi connectivity index (χ1v) is 10.5. The maximum atomic E-state index is 12.7. The monoisotopic (exact) mass is 445 g/mol. The van der Waals surface area contributed by atoms with E-state index < -0.39 is 26.9 Å². The first-order chi connectivity index (χ1) is 12.9. The topological polar surface area (TPSA) is 110 Å². The number of amides is 1. The fourth-order valence-electron chi connectivity index (χ4n) is 2.55. The van der Waals surface area contributed by atoms with E-state index in [0.717, 1.165) is 16.6 Å². The van der Waals surface area contributed by atoms with E-state index in [2.05, 4.69) is 5.32 Å². The van der Waals surface area contributed by atoms with Crippen LogP contribution in [-0.2, 0) is 14.8 Å². The van der Waals surface area contributed by atoms with Crippen LogP contribution in [0.1, 0.15) is 12.5 Å². The molecule has 0 aromatic heterocycles. The van der Waals surface area contributed by atoms with Gasteiger partial charge in [0.25, 0.3) is 5.69 Å². The molecule has 150 valence electrons. The van der Waals surface area contributed by atoms with Crippen LogP contribution in [-0.4, -0.2) is 31.5 Å². The minimum absolute atomic E-state index is 0.0495. The van der Waals surface area contributed by atoms with Gasteiger partial charge in [-0.25, -0.2) is 8.42 Å². The number of nitrogens with zero attached hydrogens (tertiary/aromatic N) is 2. The van der Waals surface area contributed by atoms with E-state index in [9.17, 15) is 23.3 Å².